The zero-order chi connectivity index (χ0) is 15.8. The second kappa shape index (κ2) is 5.81. The van der Waals surface area contributed by atoms with Gasteiger partial charge in [-0.3, -0.25) is 4.79 Å². The Morgan fingerprint density at radius 1 is 1.26 bits per heavy atom. The van der Waals surface area contributed by atoms with E-state index in [1.807, 2.05) is 35.2 Å². The molecular weight excluding hydrogens is 292 g/mol. The molecule has 5 nitrogen and oxygen atoms in total. The third-order valence-electron chi connectivity index (χ3n) is 4.76. The Morgan fingerprint density at radius 2 is 2.09 bits per heavy atom. The van der Waals surface area contributed by atoms with Crippen molar-refractivity contribution in [3.05, 3.63) is 41.8 Å². The van der Waals surface area contributed by atoms with E-state index in [4.69, 9.17) is 9.15 Å². The van der Waals surface area contributed by atoms with Crippen molar-refractivity contribution in [2.45, 2.75) is 38.3 Å². The van der Waals surface area contributed by atoms with Crippen LogP contribution in [0.2, 0.25) is 0 Å². The molecule has 0 bridgehead atoms. The van der Waals surface area contributed by atoms with Gasteiger partial charge in [0.2, 0.25) is 5.89 Å². The number of fused-ring (bicyclic) bond motifs is 1. The molecule has 1 amide bonds. The highest BCUT2D eigenvalue weighted by atomic mass is 16.5. The van der Waals surface area contributed by atoms with Gasteiger partial charge in [-0.15, -0.1) is 0 Å². The van der Waals surface area contributed by atoms with Crippen LogP contribution in [0.25, 0.3) is 11.5 Å². The summed E-state index contributed by atoms with van der Waals surface area (Å²) < 4.78 is 11.5. The summed E-state index contributed by atoms with van der Waals surface area (Å²) in [4.78, 5) is 19.4. The summed E-state index contributed by atoms with van der Waals surface area (Å²) in [7, 11) is 0. The lowest BCUT2D eigenvalue weighted by atomic mass is 10.1. The molecule has 5 heteroatoms. The maximum absolute atomic E-state index is 13.0. The molecule has 0 spiro atoms. The first-order valence-corrected chi connectivity index (χ1v) is 8.19. The van der Waals surface area contributed by atoms with Crippen LogP contribution >= 0.6 is 0 Å². The van der Waals surface area contributed by atoms with E-state index >= 15 is 0 Å². The molecule has 1 saturated carbocycles. The molecule has 2 aromatic rings. The molecule has 1 aromatic carbocycles. The SMILES string of the molecule is Cc1oc(-c2ccccc2)nc1C(=O)N1CCO[C@@H]2CCC[C@@H]21. The summed E-state index contributed by atoms with van der Waals surface area (Å²) in [5.74, 6) is 1.05. The summed E-state index contributed by atoms with van der Waals surface area (Å²) >= 11 is 0. The highest BCUT2D eigenvalue weighted by Gasteiger charge is 2.39. The van der Waals surface area contributed by atoms with E-state index in [0.29, 0.717) is 30.5 Å². The number of hydrogen-bond donors (Lipinski definition) is 0. The van der Waals surface area contributed by atoms with Crippen molar-refractivity contribution in [3.8, 4) is 11.5 Å². The smallest absolute Gasteiger partial charge is 0.276 e. The Morgan fingerprint density at radius 3 is 2.91 bits per heavy atom. The lowest BCUT2D eigenvalue weighted by Crippen LogP contribution is -2.51. The topological polar surface area (TPSA) is 55.6 Å². The number of nitrogens with zero attached hydrogens (tertiary/aromatic N) is 2. The number of oxazole rings is 1. The molecule has 0 N–H and O–H groups in total. The van der Waals surface area contributed by atoms with Crippen LogP contribution in [0, 0.1) is 6.92 Å². The number of hydrogen-bond acceptors (Lipinski definition) is 4. The van der Waals surface area contributed by atoms with E-state index in [0.717, 1.165) is 24.8 Å². The van der Waals surface area contributed by atoms with Crippen molar-refractivity contribution in [2.75, 3.05) is 13.2 Å². The molecule has 2 heterocycles. The fourth-order valence-corrected chi connectivity index (χ4v) is 3.61. The van der Waals surface area contributed by atoms with Crippen LogP contribution in [0.3, 0.4) is 0 Å². The van der Waals surface area contributed by atoms with Gasteiger partial charge in [0.25, 0.3) is 5.91 Å². The Labute approximate surface area is 135 Å². The predicted octanol–water partition coefficient (Wildman–Crippen LogP) is 3.04. The zero-order valence-corrected chi connectivity index (χ0v) is 13.2. The largest absolute Gasteiger partial charge is 0.441 e. The van der Waals surface area contributed by atoms with Crippen LogP contribution in [0.15, 0.2) is 34.7 Å². The first kappa shape index (κ1) is 14.5. The standard InChI is InChI=1S/C18H20N2O3/c1-12-16(19-17(23-12)13-6-3-2-4-7-13)18(21)20-10-11-22-15-9-5-8-14(15)20/h2-4,6-7,14-15H,5,8-11H2,1H3/t14-,15+/m0/s1. The molecular formula is C18H20N2O3. The van der Waals surface area contributed by atoms with Gasteiger partial charge in [-0.05, 0) is 38.3 Å². The summed E-state index contributed by atoms with van der Waals surface area (Å²) in [5, 5.41) is 0. The Kier molecular flexibility index (Phi) is 3.65. The Bertz CT molecular complexity index is 710. The second-order valence-corrected chi connectivity index (χ2v) is 6.20. The maximum Gasteiger partial charge on any atom is 0.276 e. The minimum absolute atomic E-state index is 0.0337. The molecule has 4 rings (SSSR count). The number of benzene rings is 1. The van der Waals surface area contributed by atoms with Crippen molar-refractivity contribution in [1.29, 1.82) is 0 Å². The van der Waals surface area contributed by atoms with Crippen molar-refractivity contribution in [3.63, 3.8) is 0 Å². The van der Waals surface area contributed by atoms with Gasteiger partial charge < -0.3 is 14.1 Å². The number of aryl methyl sites for hydroxylation is 1. The first-order valence-electron chi connectivity index (χ1n) is 8.19. The minimum Gasteiger partial charge on any atom is -0.441 e. The van der Waals surface area contributed by atoms with Crippen LogP contribution < -0.4 is 0 Å². The summed E-state index contributed by atoms with van der Waals surface area (Å²) in [6.07, 6.45) is 3.36. The molecule has 23 heavy (non-hydrogen) atoms. The Balaban J connectivity index is 1.62. The molecule has 2 aliphatic rings. The number of carbonyl (C=O) groups excluding carboxylic acids is 1. The van der Waals surface area contributed by atoms with Gasteiger partial charge in [0.1, 0.15) is 5.76 Å². The average Bonchev–Trinajstić information content (AvgIpc) is 3.21. The van der Waals surface area contributed by atoms with Gasteiger partial charge in [0.05, 0.1) is 18.8 Å². The van der Waals surface area contributed by atoms with Gasteiger partial charge in [-0.25, -0.2) is 4.98 Å². The summed E-state index contributed by atoms with van der Waals surface area (Å²) in [5.41, 5.74) is 1.31. The first-order chi connectivity index (χ1) is 11.2. The number of carbonyl (C=O) groups is 1. The third-order valence-corrected chi connectivity index (χ3v) is 4.76. The molecule has 0 radical (unpaired) electrons. The molecule has 120 valence electrons. The molecule has 2 atom stereocenters. The molecule has 0 unspecified atom stereocenters. The fraction of sp³-hybridized carbons (Fsp3) is 0.444. The number of aromatic nitrogens is 1. The van der Waals surface area contributed by atoms with E-state index in [-0.39, 0.29) is 18.1 Å². The number of amides is 1. The highest BCUT2D eigenvalue weighted by molar-refractivity contribution is 5.94. The van der Waals surface area contributed by atoms with Gasteiger partial charge >= 0.3 is 0 Å². The average molecular weight is 312 g/mol. The highest BCUT2D eigenvalue weighted by Crippen LogP contribution is 2.31. The molecule has 1 aromatic heterocycles. The van der Waals surface area contributed by atoms with E-state index in [9.17, 15) is 4.79 Å². The van der Waals surface area contributed by atoms with Crippen LogP contribution in [-0.2, 0) is 4.74 Å². The van der Waals surface area contributed by atoms with Gasteiger partial charge in [-0.1, -0.05) is 18.2 Å². The second-order valence-electron chi connectivity index (χ2n) is 6.20. The van der Waals surface area contributed by atoms with Crippen molar-refractivity contribution >= 4 is 5.91 Å². The van der Waals surface area contributed by atoms with Gasteiger partial charge in [0, 0.05) is 12.1 Å². The van der Waals surface area contributed by atoms with Gasteiger partial charge in [0.15, 0.2) is 5.69 Å². The monoisotopic (exact) mass is 312 g/mol. The van der Waals surface area contributed by atoms with Crippen LogP contribution in [-0.4, -0.2) is 41.1 Å². The van der Waals surface area contributed by atoms with Crippen molar-refractivity contribution < 1.29 is 13.9 Å². The predicted molar refractivity (Wildman–Crippen MR) is 85.1 cm³/mol. The summed E-state index contributed by atoms with van der Waals surface area (Å²) in [6.45, 7) is 3.04. The molecule has 2 fully saturated rings. The maximum atomic E-state index is 13.0. The Hall–Kier alpha value is -2.14. The van der Waals surface area contributed by atoms with E-state index in [1.165, 1.54) is 0 Å². The van der Waals surface area contributed by atoms with Crippen LogP contribution in [0.4, 0.5) is 0 Å². The van der Waals surface area contributed by atoms with E-state index < -0.39 is 0 Å². The number of rotatable bonds is 2. The van der Waals surface area contributed by atoms with Crippen LogP contribution in [0.1, 0.15) is 35.5 Å². The van der Waals surface area contributed by atoms with Gasteiger partial charge in [-0.2, -0.15) is 0 Å². The number of ether oxygens (including phenoxy) is 1. The molecule has 1 aliphatic heterocycles. The lowest BCUT2D eigenvalue weighted by molar-refractivity contribution is -0.0447. The quantitative estimate of drug-likeness (QED) is 0.855. The fourth-order valence-electron chi connectivity index (χ4n) is 3.61. The molecule has 1 saturated heterocycles. The minimum atomic E-state index is -0.0337. The van der Waals surface area contributed by atoms with Crippen molar-refractivity contribution in [2.24, 2.45) is 0 Å². The van der Waals surface area contributed by atoms with E-state index in [1.54, 1.807) is 6.92 Å². The zero-order valence-electron chi connectivity index (χ0n) is 13.2. The van der Waals surface area contributed by atoms with Crippen LogP contribution in [0.5, 0.6) is 0 Å². The third kappa shape index (κ3) is 2.55. The molecule has 1 aliphatic carbocycles. The lowest BCUT2D eigenvalue weighted by Gasteiger charge is -2.37. The summed E-state index contributed by atoms with van der Waals surface area (Å²) in [6, 6.07) is 9.86. The normalized spacial score (nSPS) is 23.8. The van der Waals surface area contributed by atoms with E-state index in [2.05, 4.69) is 4.98 Å². The van der Waals surface area contributed by atoms with Crippen molar-refractivity contribution in [1.82, 2.24) is 9.88 Å². The number of morpholine rings is 1.